The zero-order valence-electron chi connectivity index (χ0n) is 18.5. The molecule has 0 fully saturated rings. The molecule has 6 aromatic rings. The normalized spacial score (nSPS) is 11.4. The molecule has 0 aliphatic carbocycles. The van der Waals surface area contributed by atoms with Crippen LogP contribution in [-0.4, -0.2) is 44.2 Å². The average Bonchev–Trinajstić information content (AvgIpc) is 3.48. The second kappa shape index (κ2) is 7.77. The van der Waals surface area contributed by atoms with E-state index in [4.69, 9.17) is 0 Å². The standard InChI is InChI=1S/C26H20FN7/c1-34(2)18-7-16(10-28-11-18)22-9-20-25(14-30-22)32-33-26(20)23-8-19-21(12-29-13-24(19)31-23)15-3-5-17(27)6-4-15/h3-14,31H,1-2H3,(H,32,33). The van der Waals surface area contributed by atoms with E-state index in [0.717, 1.165) is 61.3 Å². The van der Waals surface area contributed by atoms with Gasteiger partial charge in [0.05, 0.1) is 46.7 Å². The number of H-pyrrole nitrogens is 2. The summed E-state index contributed by atoms with van der Waals surface area (Å²) >= 11 is 0. The Labute approximate surface area is 194 Å². The third-order valence-corrected chi connectivity index (χ3v) is 5.94. The van der Waals surface area contributed by atoms with Gasteiger partial charge < -0.3 is 9.88 Å². The number of nitrogens with one attached hydrogen (secondary N) is 2. The number of benzene rings is 1. The van der Waals surface area contributed by atoms with E-state index in [1.54, 1.807) is 30.7 Å². The molecule has 0 atom stereocenters. The van der Waals surface area contributed by atoms with Gasteiger partial charge in [-0.1, -0.05) is 12.1 Å². The van der Waals surface area contributed by atoms with Crippen molar-refractivity contribution >= 4 is 27.5 Å². The third kappa shape index (κ3) is 3.36. The minimum Gasteiger partial charge on any atom is -0.376 e. The number of hydrogen-bond donors (Lipinski definition) is 2. The average molecular weight is 449 g/mol. The summed E-state index contributed by atoms with van der Waals surface area (Å²) in [5.41, 5.74) is 7.94. The lowest BCUT2D eigenvalue weighted by molar-refractivity contribution is 0.628. The molecule has 2 N–H and O–H groups in total. The maximum Gasteiger partial charge on any atom is 0.123 e. The van der Waals surface area contributed by atoms with E-state index >= 15 is 0 Å². The van der Waals surface area contributed by atoms with Crippen molar-refractivity contribution in [1.29, 1.82) is 0 Å². The van der Waals surface area contributed by atoms with Crippen LogP contribution in [0.15, 0.2) is 73.4 Å². The first kappa shape index (κ1) is 20.0. The summed E-state index contributed by atoms with van der Waals surface area (Å²) in [6, 6.07) is 12.6. The highest BCUT2D eigenvalue weighted by molar-refractivity contribution is 6.01. The molecule has 5 heterocycles. The van der Waals surface area contributed by atoms with E-state index in [-0.39, 0.29) is 5.82 Å². The molecule has 1 aromatic carbocycles. The van der Waals surface area contributed by atoms with Crippen LogP contribution in [0.5, 0.6) is 0 Å². The van der Waals surface area contributed by atoms with Crippen LogP contribution in [0.1, 0.15) is 0 Å². The third-order valence-electron chi connectivity index (χ3n) is 5.94. The number of aromatic amines is 2. The molecule has 6 rings (SSSR count). The Morgan fingerprint density at radius 2 is 1.62 bits per heavy atom. The summed E-state index contributed by atoms with van der Waals surface area (Å²) in [5.74, 6) is -0.266. The van der Waals surface area contributed by atoms with Crippen LogP contribution >= 0.6 is 0 Å². The van der Waals surface area contributed by atoms with Crippen molar-refractivity contribution in [3.05, 3.63) is 79.3 Å². The first-order valence-corrected chi connectivity index (χ1v) is 10.8. The highest BCUT2D eigenvalue weighted by Crippen LogP contribution is 2.34. The highest BCUT2D eigenvalue weighted by Gasteiger charge is 2.15. The van der Waals surface area contributed by atoms with E-state index in [9.17, 15) is 4.39 Å². The lowest BCUT2D eigenvalue weighted by Crippen LogP contribution is -2.08. The quantitative estimate of drug-likeness (QED) is 0.375. The molecule has 0 bridgehead atoms. The molecule has 0 spiro atoms. The molecule has 7 nitrogen and oxygen atoms in total. The lowest BCUT2D eigenvalue weighted by atomic mass is 10.0. The van der Waals surface area contributed by atoms with Gasteiger partial charge in [-0.3, -0.25) is 20.1 Å². The monoisotopic (exact) mass is 449 g/mol. The number of halogens is 1. The molecular weight excluding hydrogens is 429 g/mol. The van der Waals surface area contributed by atoms with E-state index in [1.807, 2.05) is 37.5 Å². The van der Waals surface area contributed by atoms with E-state index in [2.05, 4.69) is 42.3 Å². The van der Waals surface area contributed by atoms with Crippen molar-refractivity contribution in [3.63, 3.8) is 0 Å². The van der Waals surface area contributed by atoms with Crippen molar-refractivity contribution < 1.29 is 4.39 Å². The molecular formula is C26H20FN7. The van der Waals surface area contributed by atoms with Crippen LogP contribution < -0.4 is 4.90 Å². The van der Waals surface area contributed by atoms with Gasteiger partial charge in [-0.25, -0.2) is 4.39 Å². The number of hydrogen-bond acceptors (Lipinski definition) is 5. The Kier molecular flexibility index (Phi) is 4.58. The largest absolute Gasteiger partial charge is 0.376 e. The second-order valence-corrected chi connectivity index (χ2v) is 8.35. The molecule has 166 valence electrons. The minimum absolute atomic E-state index is 0.266. The summed E-state index contributed by atoms with van der Waals surface area (Å²) < 4.78 is 13.4. The van der Waals surface area contributed by atoms with E-state index in [0.29, 0.717) is 0 Å². The van der Waals surface area contributed by atoms with Crippen molar-refractivity contribution in [2.75, 3.05) is 19.0 Å². The second-order valence-electron chi connectivity index (χ2n) is 8.35. The number of fused-ring (bicyclic) bond motifs is 2. The Morgan fingerprint density at radius 3 is 2.44 bits per heavy atom. The predicted octanol–water partition coefficient (Wildman–Crippen LogP) is 5.44. The van der Waals surface area contributed by atoms with E-state index in [1.165, 1.54) is 12.1 Å². The van der Waals surface area contributed by atoms with Crippen LogP contribution in [-0.2, 0) is 0 Å². The zero-order valence-corrected chi connectivity index (χ0v) is 18.5. The number of aromatic nitrogens is 6. The fraction of sp³-hybridized carbons (Fsp3) is 0.0769. The molecule has 0 saturated heterocycles. The lowest BCUT2D eigenvalue weighted by Gasteiger charge is -2.12. The molecule has 8 heteroatoms. The smallest absolute Gasteiger partial charge is 0.123 e. The summed E-state index contributed by atoms with van der Waals surface area (Å²) in [6.07, 6.45) is 9.00. The van der Waals surface area contributed by atoms with Crippen LogP contribution in [0.25, 0.3) is 55.6 Å². The fourth-order valence-electron chi connectivity index (χ4n) is 4.13. The van der Waals surface area contributed by atoms with Crippen LogP contribution in [0.2, 0.25) is 0 Å². The van der Waals surface area contributed by atoms with Gasteiger partial charge in [0.15, 0.2) is 0 Å². The molecule has 0 amide bonds. The molecule has 5 aromatic heterocycles. The fourth-order valence-corrected chi connectivity index (χ4v) is 4.13. The topological polar surface area (TPSA) is 86.4 Å². The van der Waals surface area contributed by atoms with Crippen molar-refractivity contribution in [3.8, 4) is 33.8 Å². The number of anilines is 1. The Morgan fingerprint density at radius 1 is 0.794 bits per heavy atom. The van der Waals surface area contributed by atoms with Crippen LogP contribution in [0.4, 0.5) is 10.1 Å². The van der Waals surface area contributed by atoms with Crippen LogP contribution in [0, 0.1) is 5.82 Å². The van der Waals surface area contributed by atoms with Crippen molar-refractivity contribution in [1.82, 2.24) is 30.1 Å². The van der Waals surface area contributed by atoms with Gasteiger partial charge in [-0.15, -0.1) is 0 Å². The van der Waals surface area contributed by atoms with Crippen LogP contribution in [0.3, 0.4) is 0 Å². The maximum absolute atomic E-state index is 13.4. The van der Waals surface area contributed by atoms with Gasteiger partial charge in [0.2, 0.25) is 0 Å². The number of pyridine rings is 3. The summed E-state index contributed by atoms with van der Waals surface area (Å²) in [5, 5.41) is 9.58. The first-order chi connectivity index (χ1) is 16.6. The summed E-state index contributed by atoms with van der Waals surface area (Å²) in [7, 11) is 3.97. The predicted molar refractivity (Wildman–Crippen MR) is 132 cm³/mol. The maximum atomic E-state index is 13.4. The van der Waals surface area contributed by atoms with Gasteiger partial charge in [0, 0.05) is 48.4 Å². The highest BCUT2D eigenvalue weighted by atomic mass is 19.1. The number of nitrogens with zero attached hydrogens (tertiary/aromatic N) is 5. The Bertz CT molecular complexity index is 1650. The molecule has 0 radical (unpaired) electrons. The van der Waals surface area contributed by atoms with Gasteiger partial charge in [-0.05, 0) is 35.9 Å². The Balaban J connectivity index is 1.47. The SMILES string of the molecule is CN(C)c1cncc(-c2cc3c(-c4cc5c(-c6ccc(F)cc6)cncc5[nH]4)n[nH]c3cn2)c1. The summed E-state index contributed by atoms with van der Waals surface area (Å²) in [4.78, 5) is 18.8. The molecule has 0 aliphatic rings. The summed E-state index contributed by atoms with van der Waals surface area (Å²) in [6.45, 7) is 0. The van der Waals surface area contributed by atoms with E-state index < -0.39 is 0 Å². The van der Waals surface area contributed by atoms with Gasteiger partial charge >= 0.3 is 0 Å². The van der Waals surface area contributed by atoms with Gasteiger partial charge in [-0.2, -0.15) is 5.10 Å². The zero-order chi connectivity index (χ0) is 23.2. The Hall–Kier alpha value is -4.59. The van der Waals surface area contributed by atoms with Gasteiger partial charge in [0.25, 0.3) is 0 Å². The van der Waals surface area contributed by atoms with Gasteiger partial charge in [0.1, 0.15) is 11.5 Å². The molecule has 0 unspecified atom stereocenters. The molecule has 0 saturated carbocycles. The minimum atomic E-state index is -0.266. The number of rotatable bonds is 4. The molecule has 34 heavy (non-hydrogen) atoms. The molecule has 0 aliphatic heterocycles. The first-order valence-electron chi connectivity index (χ1n) is 10.8. The van der Waals surface area contributed by atoms with Crippen molar-refractivity contribution in [2.24, 2.45) is 0 Å². The van der Waals surface area contributed by atoms with Crippen molar-refractivity contribution in [2.45, 2.75) is 0 Å².